The number of rotatable bonds is 4. The lowest BCUT2D eigenvalue weighted by Gasteiger charge is -2.11. The van der Waals surface area contributed by atoms with Crippen LogP contribution in [0.2, 0.25) is 0 Å². The molecule has 1 aromatic rings. The van der Waals surface area contributed by atoms with Gasteiger partial charge in [-0.15, -0.1) is 0 Å². The van der Waals surface area contributed by atoms with Gasteiger partial charge in [0.15, 0.2) is 0 Å². The Morgan fingerprint density at radius 3 is 3.00 bits per heavy atom. The number of carbonyl (C=O) groups is 1. The van der Waals surface area contributed by atoms with Crippen LogP contribution in [0.5, 0.6) is 5.75 Å². The number of carbonyl (C=O) groups excluding carboxylic acids is 1. The van der Waals surface area contributed by atoms with Gasteiger partial charge < -0.3 is 9.47 Å². The number of esters is 1. The highest BCUT2D eigenvalue weighted by Gasteiger charge is 2.25. The Balaban J connectivity index is 2.09. The Labute approximate surface area is 102 Å². The zero-order valence-corrected chi connectivity index (χ0v) is 10.4. The number of ether oxygens (including phenoxy) is 2. The molecule has 17 heavy (non-hydrogen) atoms. The van der Waals surface area contributed by atoms with Gasteiger partial charge in [0.1, 0.15) is 5.75 Å². The molecule has 0 bridgehead atoms. The smallest absolute Gasteiger partial charge is 0.306 e. The lowest BCUT2D eigenvalue weighted by molar-refractivity contribution is -0.143. The van der Waals surface area contributed by atoms with Crippen molar-refractivity contribution in [2.75, 3.05) is 13.7 Å². The van der Waals surface area contributed by atoms with Gasteiger partial charge in [-0.25, -0.2) is 0 Å². The van der Waals surface area contributed by atoms with Gasteiger partial charge in [-0.05, 0) is 48.9 Å². The Kier molecular flexibility index (Phi) is 3.67. The van der Waals surface area contributed by atoms with Crippen LogP contribution in [-0.4, -0.2) is 19.7 Å². The molecule has 0 heterocycles. The van der Waals surface area contributed by atoms with Crippen LogP contribution in [0.4, 0.5) is 0 Å². The van der Waals surface area contributed by atoms with Crippen molar-refractivity contribution in [3.8, 4) is 5.75 Å². The number of fused-ring (bicyclic) bond motifs is 1. The van der Waals surface area contributed by atoms with Crippen LogP contribution in [0.15, 0.2) is 18.2 Å². The number of hydrogen-bond donors (Lipinski definition) is 0. The number of benzene rings is 1. The molecule has 0 radical (unpaired) electrons. The van der Waals surface area contributed by atoms with E-state index in [0.717, 1.165) is 18.6 Å². The van der Waals surface area contributed by atoms with Gasteiger partial charge in [-0.1, -0.05) is 6.07 Å². The fourth-order valence-electron chi connectivity index (χ4n) is 2.44. The van der Waals surface area contributed by atoms with Crippen LogP contribution in [0.3, 0.4) is 0 Å². The molecule has 3 nitrogen and oxygen atoms in total. The highest BCUT2D eigenvalue weighted by molar-refractivity contribution is 5.71. The topological polar surface area (TPSA) is 35.5 Å². The maximum atomic E-state index is 11.5. The summed E-state index contributed by atoms with van der Waals surface area (Å²) in [6, 6.07) is 6.11. The lowest BCUT2D eigenvalue weighted by atomic mass is 9.98. The van der Waals surface area contributed by atoms with Crippen LogP contribution in [0, 0.1) is 0 Å². The molecule has 3 heteroatoms. The number of hydrogen-bond acceptors (Lipinski definition) is 3. The predicted molar refractivity (Wildman–Crippen MR) is 65.3 cm³/mol. The minimum Gasteiger partial charge on any atom is -0.497 e. The molecule has 1 aliphatic carbocycles. The standard InChI is InChI=1S/C14H18O3/c1-3-17-14(15)9-11-5-4-10-8-12(16-2)6-7-13(10)11/h6-8,11H,3-5,9H2,1-2H3/t11-/m1/s1. The second-order valence-electron chi connectivity index (χ2n) is 4.31. The Bertz CT molecular complexity index is 412. The molecule has 0 aromatic heterocycles. The fraction of sp³-hybridized carbons (Fsp3) is 0.500. The summed E-state index contributed by atoms with van der Waals surface area (Å²) in [6.07, 6.45) is 2.55. The number of methoxy groups -OCH3 is 1. The molecular weight excluding hydrogens is 216 g/mol. The highest BCUT2D eigenvalue weighted by Crippen LogP contribution is 2.37. The molecule has 1 atom stereocenters. The van der Waals surface area contributed by atoms with Crippen molar-refractivity contribution >= 4 is 5.97 Å². The van der Waals surface area contributed by atoms with Crippen molar-refractivity contribution in [1.29, 1.82) is 0 Å². The van der Waals surface area contributed by atoms with Gasteiger partial charge >= 0.3 is 5.97 Å². The van der Waals surface area contributed by atoms with Crippen molar-refractivity contribution < 1.29 is 14.3 Å². The van der Waals surface area contributed by atoms with Gasteiger partial charge in [0.05, 0.1) is 20.1 Å². The molecular formula is C14H18O3. The summed E-state index contributed by atoms with van der Waals surface area (Å²) < 4.78 is 10.2. The SMILES string of the molecule is CCOC(=O)C[C@H]1CCc2cc(OC)ccc21. The highest BCUT2D eigenvalue weighted by atomic mass is 16.5. The second-order valence-corrected chi connectivity index (χ2v) is 4.31. The van der Waals surface area contributed by atoms with E-state index in [4.69, 9.17) is 9.47 Å². The summed E-state index contributed by atoms with van der Waals surface area (Å²) in [5.41, 5.74) is 2.58. The predicted octanol–water partition coefficient (Wildman–Crippen LogP) is 2.68. The molecule has 0 amide bonds. The average molecular weight is 234 g/mol. The van der Waals surface area contributed by atoms with Crippen LogP contribution in [0.25, 0.3) is 0 Å². The zero-order chi connectivity index (χ0) is 12.3. The minimum atomic E-state index is -0.0961. The first-order valence-corrected chi connectivity index (χ1v) is 6.07. The van der Waals surface area contributed by atoms with Crippen LogP contribution in [-0.2, 0) is 16.0 Å². The Morgan fingerprint density at radius 1 is 1.47 bits per heavy atom. The minimum absolute atomic E-state index is 0.0961. The van der Waals surface area contributed by atoms with E-state index in [2.05, 4.69) is 12.1 Å². The first kappa shape index (κ1) is 12.0. The van der Waals surface area contributed by atoms with Crippen molar-refractivity contribution in [1.82, 2.24) is 0 Å². The first-order chi connectivity index (χ1) is 8.24. The normalized spacial score (nSPS) is 17.6. The molecule has 0 unspecified atom stereocenters. The van der Waals surface area contributed by atoms with E-state index in [1.165, 1.54) is 11.1 Å². The third kappa shape index (κ3) is 2.60. The molecule has 0 fully saturated rings. The molecule has 0 N–H and O–H groups in total. The average Bonchev–Trinajstić information content (AvgIpc) is 2.72. The Hall–Kier alpha value is -1.51. The largest absolute Gasteiger partial charge is 0.497 e. The van der Waals surface area contributed by atoms with Crippen LogP contribution >= 0.6 is 0 Å². The van der Waals surface area contributed by atoms with Gasteiger partial charge in [-0.3, -0.25) is 4.79 Å². The molecule has 1 aliphatic rings. The molecule has 2 rings (SSSR count). The molecule has 0 saturated carbocycles. The maximum absolute atomic E-state index is 11.5. The van der Waals surface area contributed by atoms with E-state index in [0.29, 0.717) is 18.9 Å². The molecule has 92 valence electrons. The van der Waals surface area contributed by atoms with Crippen LogP contribution < -0.4 is 4.74 Å². The van der Waals surface area contributed by atoms with Gasteiger partial charge in [-0.2, -0.15) is 0 Å². The van der Waals surface area contributed by atoms with Crippen molar-refractivity contribution in [3.63, 3.8) is 0 Å². The van der Waals surface area contributed by atoms with Gasteiger partial charge in [0, 0.05) is 0 Å². The first-order valence-electron chi connectivity index (χ1n) is 6.07. The van der Waals surface area contributed by atoms with E-state index in [1.807, 2.05) is 13.0 Å². The second kappa shape index (κ2) is 5.21. The molecule has 0 aliphatic heterocycles. The van der Waals surface area contributed by atoms with E-state index in [-0.39, 0.29) is 5.97 Å². The third-order valence-corrected chi connectivity index (χ3v) is 3.27. The fourth-order valence-corrected chi connectivity index (χ4v) is 2.44. The third-order valence-electron chi connectivity index (χ3n) is 3.27. The van der Waals surface area contributed by atoms with E-state index < -0.39 is 0 Å². The van der Waals surface area contributed by atoms with Gasteiger partial charge in [0.2, 0.25) is 0 Å². The molecule has 1 aromatic carbocycles. The summed E-state index contributed by atoms with van der Waals surface area (Å²) in [7, 11) is 1.67. The van der Waals surface area contributed by atoms with Crippen molar-refractivity contribution in [2.45, 2.75) is 32.1 Å². The van der Waals surface area contributed by atoms with Gasteiger partial charge in [0.25, 0.3) is 0 Å². The van der Waals surface area contributed by atoms with E-state index >= 15 is 0 Å². The summed E-state index contributed by atoms with van der Waals surface area (Å²) in [6.45, 7) is 2.30. The summed E-state index contributed by atoms with van der Waals surface area (Å²) >= 11 is 0. The number of aryl methyl sites for hydroxylation is 1. The van der Waals surface area contributed by atoms with Crippen molar-refractivity contribution in [3.05, 3.63) is 29.3 Å². The lowest BCUT2D eigenvalue weighted by Crippen LogP contribution is -2.08. The Morgan fingerprint density at radius 2 is 2.29 bits per heavy atom. The monoisotopic (exact) mass is 234 g/mol. The maximum Gasteiger partial charge on any atom is 0.306 e. The zero-order valence-electron chi connectivity index (χ0n) is 10.4. The quantitative estimate of drug-likeness (QED) is 0.751. The molecule has 0 saturated heterocycles. The molecule has 0 spiro atoms. The van der Waals surface area contributed by atoms with Crippen LogP contribution in [0.1, 0.15) is 36.8 Å². The van der Waals surface area contributed by atoms with E-state index in [1.54, 1.807) is 7.11 Å². The summed E-state index contributed by atoms with van der Waals surface area (Å²) in [4.78, 5) is 11.5. The van der Waals surface area contributed by atoms with E-state index in [9.17, 15) is 4.79 Å². The van der Waals surface area contributed by atoms with Crippen molar-refractivity contribution in [2.24, 2.45) is 0 Å². The summed E-state index contributed by atoms with van der Waals surface area (Å²) in [5, 5.41) is 0. The summed E-state index contributed by atoms with van der Waals surface area (Å²) in [5.74, 6) is 1.11.